The summed E-state index contributed by atoms with van der Waals surface area (Å²) in [6.07, 6.45) is 5.18. The first-order valence-corrected chi connectivity index (χ1v) is 7.11. The van der Waals surface area contributed by atoms with Crippen LogP contribution in [0.25, 0.3) is 0 Å². The summed E-state index contributed by atoms with van der Waals surface area (Å²) in [5, 5.41) is 2.31. The molecule has 2 atom stereocenters. The molecule has 1 fully saturated rings. The van der Waals surface area contributed by atoms with Gasteiger partial charge in [-0.15, -0.1) is 0 Å². The van der Waals surface area contributed by atoms with E-state index in [1.165, 1.54) is 25.6 Å². The molecule has 1 aromatic heterocycles. The second-order valence-electron chi connectivity index (χ2n) is 5.24. The fourth-order valence-electron chi connectivity index (χ4n) is 2.79. The number of hydrogen-bond acceptors (Lipinski definition) is 6. The first kappa shape index (κ1) is 15.0. The van der Waals surface area contributed by atoms with Crippen LogP contribution < -0.4 is 14.9 Å². The molecular weight excluding hydrogens is 256 g/mol. The SMILES string of the molecule is COc1ncnc(OC)c1CNN1C(C)CCCC1C. The van der Waals surface area contributed by atoms with E-state index in [4.69, 9.17) is 9.47 Å². The molecule has 112 valence electrons. The Kier molecular flexibility index (Phi) is 5.14. The topological polar surface area (TPSA) is 59.5 Å². The fourth-order valence-corrected chi connectivity index (χ4v) is 2.79. The van der Waals surface area contributed by atoms with E-state index in [-0.39, 0.29) is 0 Å². The number of piperidine rings is 1. The summed E-state index contributed by atoms with van der Waals surface area (Å²) in [6, 6.07) is 1.06. The summed E-state index contributed by atoms with van der Waals surface area (Å²) in [4.78, 5) is 8.27. The highest BCUT2D eigenvalue weighted by atomic mass is 16.5. The zero-order chi connectivity index (χ0) is 14.5. The molecule has 0 saturated carbocycles. The molecule has 1 saturated heterocycles. The van der Waals surface area contributed by atoms with Gasteiger partial charge < -0.3 is 9.47 Å². The van der Waals surface area contributed by atoms with Crippen molar-refractivity contribution < 1.29 is 9.47 Å². The summed E-state index contributed by atoms with van der Waals surface area (Å²) in [6.45, 7) is 5.10. The molecule has 0 amide bonds. The molecule has 20 heavy (non-hydrogen) atoms. The van der Waals surface area contributed by atoms with E-state index in [0.29, 0.717) is 30.4 Å². The van der Waals surface area contributed by atoms with Gasteiger partial charge in [0.1, 0.15) is 6.33 Å². The standard InChI is InChI=1S/C14H24N4O2/c1-10-6-5-7-11(2)18(10)17-8-12-13(19-3)15-9-16-14(12)20-4/h9-11,17H,5-8H2,1-4H3. The molecule has 0 aliphatic carbocycles. The smallest absolute Gasteiger partial charge is 0.224 e. The lowest BCUT2D eigenvalue weighted by molar-refractivity contribution is 0.0428. The van der Waals surface area contributed by atoms with Gasteiger partial charge in [-0.25, -0.2) is 20.4 Å². The van der Waals surface area contributed by atoms with Crippen molar-refractivity contribution in [1.82, 2.24) is 20.4 Å². The molecule has 0 bridgehead atoms. The Morgan fingerprint density at radius 1 is 1.15 bits per heavy atom. The molecule has 6 nitrogen and oxygen atoms in total. The Labute approximate surface area is 120 Å². The summed E-state index contributed by atoms with van der Waals surface area (Å²) >= 11 is 0. The quantitative estimate of drug-likeness (QED) is 0.887. The van der Waals surface area contributed by atoms with E-state index in [0.717, 1.165) is 5.56 Å². The summed E-state index contributed by atoms with van der Waals surface area (Å²) in [5.74, 6) is 1.11. The number of nitrogens with one attached hydrogen (secondary N) is 1. The van der Waals surface area contributed by atoms with E-state index in [9.17, 15) is 0 Å². The second-order valence-corrected chi connectivity index (χ2v) is 5.24. The summed E-state index contributed by atoms with van der Waals surface area (Å²) in [7, 11) is 3.22. The minimum atomic E-state index is 0.528. The lowest BCUT2D eigenvalue weighted by Gasteiger charge is -2.39. The van der Waals surface area contributed by atoms with Gasteiger partial charge in [0, 0.05) is 18.6 Å². The van der Waals surface area contributed by atoms with Crippen molar-refractivity contribution in [2.75, 3.05) is 14.2 Å². The highest BCUT2D eigenvalue weighted by Crippen LogP contribution is 2.25. The number of aromatic nitrogens is 2. The van der Waals surface area contributed by atoms with Crippen LogP contribution in [0, 0.1) is 0 Å². The van der Waals surface area contributed by atoms with Crippen molar-refractivity contribution in [3.8, 4) is 11.8 Å². The Bertz CT molecular complexity index is 409. The fraction of sp³-hybridized carbons (Fsp3) is 0.714. The van der Waals surface area contributed by atoms with E-state index in [2.05, 4.69) is 34.3 Å². The van der Waals surface area contributed by atoms with Gasteiger partial charge in [0.25, 0.3) is 0 Å². The predicted molar refractivity (Wildman–Crippen MR) is 76.6 cm³/mol. The van der Waals surface area contributed by atoms with E-state index >= 15 is 0 Å². The number of nitrogens with zero attached hydrogens (tertiary/aromatic N) is 3. The minimum Gasteiger partial charge on any atom is -0.481 e. The molecular formula is C14H24N4O2. The van der Waals surface area contributed by atoms with E-state index < -0.39 is 0 Å². The van der Waals surface area contributed by atoms with Gasteiger partial charge in [0.2, 0.25) is 11.8 Å². The maximum Gasteiger partial charge on any atom is 0.224 e. The van der Waals surface area contributed by atoms with E-state index in [1.807, 2.05) is 0 Å². The third-order valence-electron chi connectivity index (χ3n) is 3.88. The number of hydrazine groups is 1. The molecule has 6 heteroatoms. The molecule has 1 N–H and O–H groups in total. The van der Waals surface area contributed by atoms with Gasteiger partial charge >= 0.3 is 0 Å². The lowest BCUT2D eigenvalue weighted by Crippen LogP contribution is -2.51. The molecule has 1 aromatic rings. The predicted octanol–water partition coefficient (Wildman–Crippen LogP) is 1.76. The Hall–Kier alpha value is -1.40. The highest BCUT2D eigenvalue weighted by molar-refractivity contribution is 5.34. The third kappa shape index (κ3) is 3.19. The number of hydrogen-bond donors (Lipinski definition) is 1. The first-order valence-electron chi connectivity index (χ1n) is 7.11. The minimum absolute atomic E-state index is 0.528. The van der Waals surface area contributed by atoms with Crippen LogP contribution in [0.4, 0.5) is 0 Å². The molecule has 0 radical (unpaired) electrons. The maximum absolute atomic E-state index is 5.29. The van der Waals surface area contributed by atoms with Crippen molar-refractivity contribution in [1.29, 1.82) is 0 Å². The Morgan fingerprint density at radius 2 is 1.70 bits per heavy atom. The van der Waals surface area contributed by atoms with Gasteiger partial charge in [-0.05, 0) is 26.7 Å². The maximum atomic E-state index is 5.29. The number of methoxy groups -OCH3 is 2. The van der Waals surface area contributed by atoms with E-state index in [1.54, 1.807) is 14.2 Å². The molecule has 0 spiro atoms. The Morgan fingerprint density at radius 3 is 2.20 bits per heavy atom. The van der Waals surface area contributed by atoms with Crippen molar-refractivity contribution in [3.05, 3.63) is 11.9 Å². The van der Waals surface area contributed by atoms with Gasteiger partial charge in [0.15, 0.2) is 0 Å². The van der Waals surface area contributed by atoms with Crippen molar-refractivity contribution in [3.63, 3.8) is 0 Å². The summed E-state index contributed by atoms with van der Waals surface area (Å²) < 4.78 is 10.6. The van der Waals surface area contributed by atoms with Crippen LogP contribution in [-0.2, 0) is 6.54 Å². The monoisotopic (exact) mass is 280 g/mol. The second kappa shape index (κ2) is 6.85. The zero-order valence-electron chi connectivity index (χ0n) is 12.7. The molecule has 1 aliphatic heterocycles. The summed E-state index contributed by atoms with van der Waals surface area (Å²) in [5.41, 5.74) is 4.33. The third-order valence-corrected chi connectivity index (χ3v) is 3.88. The Balaban J connectivity index is 2.09. The van der Waals surface area contributed by atoms with Crippen LogP contribution in [0.2, 0.25) is 0 Å². The highest BCUT2D eigenvalue weighted by Gasteiger charge is 2.25. The molecule has 2 heterocycles. The average Bonchev–Trinajstić information content (AvgIpc) is 2.46. The largest absolute Gasteiger partial charge is 0.481 e. The molecule has 2 rings (SSSR count). The number of rotatable bonds is 5. The van der Waals surface area contributed by atoms with Crippen molar-refractivity contribution >= 4 is 0 Å². The van der Waals surface area contributed by atoms with Crippen molar-refractivity contribution in [2.45, 2.75) is 51.7 Å². The normalized spacial score (nSPS) is 23.6. The van der Waals surface area contributed by atoms with Crippen molar-refractivity contribution in [2.24, 2.45) is 0 Å². The van der Waals surface area contributed by atoms with Crippen LogP contribution in [0.3, 0.4) is 0 Å². The van der Waals surface area contributed by atoms with Gasteiger partial charge in [-0.2, -0.15) is 0 Å². The molecule has 1 aliphatic rings. The van der Waals surface area contributed by atoms with Crippen LogP contribution >= 0.6 is 0 Å². The molecule has 0 aromatic carbocycles. The average molecular weight is 280 g/mol. The van der Waals surface area contributed by atoms with Crippen LogP contribution in [0.1, 0.15) is 38.7 Å². The van der Waals surface area contributed by atoms with Crippen LogP contribution in [-0.4, -0.2) is 41.3 Å². The number of ether oxygens (including phenoxy) is 2. The first-order chi connectivity index (χ1) is 9.67. The zero-order valence-corrected chi connectivity index (χ0v) is 12.7. The van der Waals surface area contributed by atoms with Gasteiger partial charge in [-0.1, -0.05) is 6.42 Å². The van der Waals surface area contributed by atoms with Gasteiger partial charge in [-0.3, -0.25) is 0 Å². The van der Waals surface area contributed by atoms with Crippen LogP contribution in [0.15, 0.2) is 6.33 Å². The lowest BCUT2D eigenvalue weighted by atomic mass is 10.00. The van der Waals surface area contributed by atoms with Gasteiger partial charge in [0.05, 0.1) is 19.8 Å². The van der Waals surface area contributed by atoms with Crippen LogP contribution in [0.5, 0.6) is 11.8 Å². The molecule has 2 unspecified atom stereocenters.